The molecule has 8 nitrogen and oxygen atoms in total. The van der Waals surface area contributed by atoms with E-state index < -0.39 is 17.5 Å². The number of aromatic nitrogens is 3. The zero-order valence-electron chi connectivity index (χ0n) is 12.2. The van der Waals surface area contributed by atoms with Crippen molar-refractivity contribution in [3.63, 3.8) is 0 Å². The van der Waals surface area contributed by atoms with E-state index in [-0.39, 0.29) is 6.04 Å². The van der Waals surface area contributed by atoms with E-state index in [2.05, 4.69) is 32.7 Å². The highest BCUT2D eigenvalue weighted by Crippen LogP contribution is 2.32. The van der Waals surface area contributed by atoms with Crippen molar-refractivity contribution < 1.29 is 14.7 Å². The molecule has 1 atom stereocenters. The molecule has 0 radical (unpaired) electrons. The maximum atomic E-state index is 12.1. The summed E-state index contributed by atoms with van der Waals surface area (Å²) < 4.78 is 0. The van der Waals surface area contributed by atoms with Crippen molar-refractivity contribution in [1.29, 1.82) is 0 Å². The van der Waals surface area contributed by atoms with Gasteiger partial charge in [0.1, 0.15) is 17.7 Å². The molecule has 1 aromatic heterocycles. The summed E-state index contributed by atoms with van der Waals surface area (Å²) in [5.74, 6) is 0.0408. The Morgan fingerprint density at radius 1 is 1.48 bits per heavy atom. The molecule has 0 aromatic carbocycles. The van der Waals surface area contributed by atoms with E-state index in [4.69, 9.17) is 0 Å². The molecule has 1 aromatic rings. The molecule has 4 N–H and O–H groups in total. The maximum absolute atomic E-state index is 12.1. The Bertz CT molecular complexity index is 494. The van der Waals surface area contributed by atoms with Crippen LogP contribution in [0.4, 0.5) is 4.79 Å². The lowest BCUT2D eigenvalue weighted by atomic mass is 9.77. The summed E-state index contributed by atoms with van der Waals surface area (Å²) >= 11 is 0. The summed E-state index contributed by atoms with van der Waals surface area (Å²) in [6, 6.07) is -0.878. The third-order valence-electron chi connectivity index (χ3n) is 4.08. The number of carbonyl (C=O) groups excluding carboxylic acids is 1. The first kappa shape index (κ1) is 15.3. The number of nitrogens with one attached hydrogen (secondary N) is 3. The van der Waals surface area contributed by atoms with Crippen LogP contribution in [0.3, 0.4) is 0 Å². The first-order valence-corrected chi connectivity index (χ1v) is 7.10. The summed E-state index contributed by atoms with van der Waals surface area (Å²) in [6.07, 6.45) is 3.85. The zero-order valence-corrected chi connectivity index (χ0v) is 12.2. The number of hydrogen-bond donors (Lipinski definition) is 4. The number of rotatable bonds is 4. The lowest BCUT2D eigenvalue weighted by Gasteiger charge is -2.36. The number of carboxylic acid groups (broad SMARTS) is 1. The monoisotopic (exact) mass is 295 g/mol. The number of urea groups is 1. The van der Waals surface area contributed by atoms with Gasteiger partial charge in [0.15, 0.2) is 0 Å². The quantitative estimate of drug-likeness (QED) is 0.665. The largest absolute Gasteiger partial charge is 0.480 e. The van der Waals surface area contributed by atoms with Crippen molar-refractivity contribution in [2.24, 2.45) is 5.92 Å². The van der Waals surface area contributed by atoms with Gasteiger partial charge >= 0.3 is 12.0 Å². The van der Waals surface area contributed by atoms with Gasteiger partial charge in [-0.3, -0.25) is 5.10 Å². The molecule has 0 bridgehead atoms. The fraction of sp³-hybridized carbons (Fsp3) is 0.692. The fourth-order valence-electron chi connectivity index (χ4n) is 2.59. The maximum Gasteiger partial charge on any atom is 0.329 e. The van der Waals surface area contributed by atoms with Crippen LogP contribution < -0.4 is 10.6 Å². The molecule has 0 aliphatic heterocycles. The molecule has 21 heavy (non-hydrogen) atoms. The standard InChI is InChI=1S/C13H21N5O3/c1-8-3-5-13(6-4-8,11(19)20)17-12(21)16-9(2)10-14-7-15-18-10/h7-9H,3-6H2,1-2H3,(H,19,20)(H,14,15,18)(H2,16,17,21). The molecule has 2 rings (SSSR count). The predicted octanol–water partition coefficient (Wildman–Crippen LogP) is 1.20. The van der Waals surface area contributed by atoms with Crippen molar-refractivity contribution in [2.75, 3.05) is 0 Å². The molecule has 1 heterocycles. The van der Waals surface area contributed by atoms with Gasteiger partial charge in [-0.2, -0.15) is 5.10 Å². The van der Waals surface area contributed by atoms with Gasteiger partial charge in [-0.05, 0) is 38.5 Å². The fourth-order valence-corrected chi connectivity index (χ4v) is 2.59. The molecule has 0 saturated heterocycles. The minimum Gasteiger partial charge on any atom is -0.480 e. The number of nitrogens with zero attached hydrogens (tertiary/aromatic N) is 2. The molecule has 1 saturated carbocycles. The second-order valence-electron chi connectivity index (χ2n) is 5.76. The number of aromatic amines is 1. The lowest BCUT2D eigenvalue weighted by molar-refractivity contribution is -0.146. The third-order valence-corrected chi connectivity index (χ3v) is 4.08. The number of carboxylic acids is 1. The molecule has 2 amide bonds. The van der Waals surface area contributed by atoms with Crippen molar-refractivity contribution in [1.82, 2.24) is 25.8 Å². The number of hydrogen-bond acceptors (Lipinski definition) is 4. The second kappa shape index (κ2) is 6.11. The van der Waals surface area contributed by atoms with Crippen molar-refractivity contribution >= 4 is 12.0 Å². The van der Waals surface area contributed by atoms with Gasteiger partial charge in [-0.25, -0.2) is 14.6 Å². The summed E-state index contributed by atoms with van der Waals surface area (Å²) in [5.41, 5.74) is -1.17. The number of carbonyl (C=O) groups is 2. The van der Waals surface area contributed by atoms with E-state index in [0.29, 0.717) is 24.6 Å². The molecule has 1 aliphatic carbocycles. The summed E-state index contributed by atoms with van der Waals surface area (Å²) in [5, 5.41) is 21.2. The van der Waals surface area contributed by atoms with Crippen LogP contribution in [-0.4, -0.2) is 37.8 Å². The van der Waals surface area contributed by atoms with Crippen LogP contribution in [0.25, 0.3) is 0 Å². The van der Waals surface area contributed by atoms with E-state index in [1.165, 1.54) is 6.33 Å². The molecular weight excluding hydrogens is 274 g/mol. The Morgan fingerprint density at radius 3 is 2.67 bits per heavy atom. The lowest BCUT2D eigenvalue weighted by Crippen LogP contribution is -2.58. The van der Waals surface area contributed by atoms with Gasteiger partial charge in [0, 0.05) is 0 Å². The summed E-state index contributed by atoms with van der Waals surface area (Å²) in [4.78, 5) is 27.6. The van der Waals surface area contributed by atoms with Gasteiger partial charge < -0.3 is 15.7 Å². The van der Waals surface area contributed by atoms with Crippen LogP contribution >= 0.6 is 0 Å². The second-order valence-corrected chi connectivity index (χ2v) is 5.76. The van der Waals surface area contributed by atoms with E-state index in [9.17, 15) is 14.7 Å². The highest BCUT2D eigenvalue weighted by atomic mass is 16.4. The van der Waals surface area contributed by atoms with Gasteiger partial charge in [0.2, 0.25) is 0 Å². The average molecular weight is 295 g/mol. The van der Waals surface area contributed by atoms with Crippen LogP contribution in [0.15, 0.2) is 6.33 Å². The Morgan fingerprint density at radius 2 is 2.14 bits per heavy atom. The number of amides is 2. The van der Waals surface area contributed by atoms with Gasteiger partial charge in [-0.15, -0.1) is 0 Å². The number of H-pyrrole nitrogens is 1. The molecule has 1 fully saturated rings. The van der Waals surface area contributed by atoms with Crippen molar-refractivity contribution in [2.45, 2.75) is 51.1 Å². The Kier molecular flexibility index (Phi) is 4.44. The summed E-state index contributed by atoms with van der Waals surface area (Å²) in [7, 11) is 0. The van der Waals surface area contributed by atoms with E-state index >= 15 is 0 Å². The normalized spacial score (nSPS) is 26.9. The Hall–Kier alpha value is -2.12. The molecule has 116 valence electrons. The molecular formula is C13H21N5O3. The Labute approximate surface area is 122 Å². The smallest absolute Gasteiger partial charge is 0.329 e. The van der Waals surface area contributed by atoms with Crippen LogP contribution in [0.5, 0.6) is 0 Å². The molecule has 0 spiro atoms. The SMILES string of the molecule is CC1CCC(NC(=O)NC(C)c2ncn[nH]2)(C(=O)O)CC1. The first-order valence-electron chi connectivity index (χ1n) is 7.10. The van der Waals surface area contributed by atoms with Crippen molar-refractivity contribution in [3.8, 4) is 0 Å². The van der Waals surface area contributed by atoms with E-state index in [0.717, 1.165) is 12.8 Å². The zero-order chi connectivity index (χ0) is 15.5. The molecule has 1 aliphatic rings. The third kappa shape index (κ3) is 3.50. The highest BCUT2D eigenvalue weighted by Gasteiger charge is 2.42. The van der Waals surface area contributed by atoms with Gasteiger partial charge in [-0.1, -0.05) is 6.92 Å². The van der Waals surface area contributed by atoms with E-state index in [1.54, 1.807) is 6.92 Å². The molecule has 1 unspecified atom stereocenters. The number of aliphatic carboxylic acids is 1. The highest BCUT2D eigenvalue weighted by molar-refractivity contribution is 5.86. The van der Waals surface area contributed by atoms with Crippen LogP contribution in [0.1, 0.15) is 51.4 Å². The van der Waals surface area contributed by atoms with Crippen LogP contribution in [-0.2, 0) is 4.79 Å². The topological polar surface area (TPSA) is 120 Å². The predicted molar refractivity (Wildman–Crippen MR) is 74.5 cm³/mol. The first-order chi connectivity index (χ1) is 9.93. The van der Waals surface area contributed by atoms with Crippen LogP contribution in [0.2, 0.25) is 0 Å². The average Bonchev–Trinajstić information content (AvgIpc) is 2.95. The summed E-state index contributed by atoms with van der Waals surface area (Å²) in [6.45, 7) is 3.84. The Balaban J connectivity index is 1.97. The minimum absolute atomic E-state index is 0.374. The van der Waals surface area contributed by atoms with Gasteiger partial charge in [0.25, 0.3) is 0 Å². The molecule has 8 heteroatoms. The van der Waals surface area contributed by atoms with Crippen molar-refractivity contribution in [3.05, 3.63) is 12.2 Å². The van der Waals surface area contributed by atoms with E-state index in [1.807, 2.05) is 0 Å². The minimum atomic E-state index is -1.17. The van der Waals surface area contributed by atoms with Crippen LogP contribution in [0, 0.1) is 5.92 Å². The van der Waals surface area contributed by atoms with Gasteiger partial charge in [0.05, 0.1) is 6.04 Å².